The van der Waals surface area contributed by atoms with Crippen LogP contribution in [0.5, 0.6) is 0 Å². The van der Waals surface area contributed by atoms with E-state index in [0.29, 0.717) is 16.9 Å². The van der Waals surface area contributed by atoms with Crippen molar-refractivity contribution in [3.63, 3.8) is 0 Å². The summed E-state index contributed by atoms with van der Waals surface area (Å²) in [5.74, 6) is 0.247. The van der Waals surface area contributed by atoms with E-state index in [-0.39, 0.29) is 5.91 Å². The van der Waals surface area contributed by atoms with E-state index in [2.05, 4.69) is 17.2 Å². The van der Waals surface area contributed by atoms with Crippen molar-refractivity contribution in [1.82, 2.24) is 10.3 Å². The molecule has 1 aliphatic rings. The van der Waals surface area contributed by atoms with E-state index in [9.17, 15) is 4.79 Å². The quantitative estimate of drug-likeness (QED) is 0.808. The molecule has 1 amide bonds. The highest BCUT2D eigenvalue weighted by Crippen LogP contribution is 2.47. The molecule has 0 bridgehead atoms. The summed E-state index contributed by atoms with van der Waals surface area (Å²) in [5.41, 5.74) is 6.28. The predicted octanol–water partition coefficient (Wildman–Crippen LogP) is 1.58. The molecule has 86 valence electrons. The largest absolute Gasteiger partial charge is 0.384 e. The lowest BCUT2D eigenvalue weighted by Gasteiger charge is -2.13. The molecule has 0 unspecified atom stereocenters. The zero-order chi connectivity index (χ0) is 11.6. The second kappa shape index (κ2) is 4.12. The zero-order valence-electron chi connectivity index (χ0n) is 9.49. The molecule has 1 heterocycles. The van der Waals surface area contributed by atoms with Gasteiger partial charge in [-0.1, -0.05) is 13.0 Å². The van der Waals surface area contributed by atoms with Gasteiger partial charge in [0.1, 0.15) is 11.5 Å². The number of pyridine rings is 1. The topological polar surface area (TPSA) is 68.0 Å². The minimum atomic E-state index is -0.132. The second-order valence-corrected chi connectivity index (χ2v) is 4.48. The van der Waals surface area contributed by atoms with E-state index in [0.717, 1.165) is 13.0 Å². The van der Waals surface area contributed by atoms with Gasteiger partial charge in [-0.15, -0.1) is 0 Å². The van der Waals surface area contributed by atoms with Gasteiger partial charge in [-0.25, -0.2) is 4.98 Å². The lowest BCUT2D eigenvalue weighted by Crippen LogP contribution is -2.30. The smallest absolute Gasteiger partial charge is 0.269 e. The van der Waals surface area contributed by atoms with E-state index in [1.807, 2.05) is 0 Å². The van der Waals surface area contributed by atoms with E-state index in [1.54, 1.807) is 18.2 Å². The number of nitrogens with one attached hydrogen (secondary N) is 1. The van der Waals surface area contributed by atoms with Crippen LogP contribution in [0.2, 0.25) is 0 Å². The molecule has 1 saturated carbocycles. The molecule has 0 saturated heterocycles. The second-order valence-electron chi connectivity index (χ2n) is 4.48. The Balaban J connectivity index is 1.93. The first-order chi connectivity index (χ1) is 7.65. The van der Waals surface area contributed by atoms with Crippen LogP contribution >= 0.6 is 0 Å². The lowest BCUT2D eigenvalue weighted by molar-refractivity contribution is 0.0939. The van der Waals surface area contributed by atoms with Gasteiger partial charge in [-0.2, -0.15) is 0 Å². The highest BCUT2D eigenvalue weighted by molar-refractivity contribution is 5.92. The number of nitrogens with two attached hydrogens (primary N) is 1. The molecule has 0 radical (unpaired) electrons. The molecule has 3 N–H and O–H groups in total. The van der Waals surface area contributed by atoms with Crippen molar-refractivity contribution in [2.75, 3.05) is 12.3 Å². The van der Waals surface area contributed by atoms with Crippen molar-refractivity contribution in [2.24, 2.45) is 5.41 Å². The minimum absolute atomic E-state index is 0.132. The summed E-state index contributed by atoms with van der Waals surface area (Å²) in [4.78, 5) is 15.7. The number of hydrogen-bond donors (Lipinski definition) is 2. The van der Waals surface area contributed by atoms with Gasteiger partial charge in [-0.05, 0) is 36.8 Å². The number of nitrogens with zero attached hydrogens (tertiary/aromatic N) is 1. The van der Waals surface area contributed by atoms with Crippen molar-refractivity contribution in [3.05, 3.63) is 23.9 Å². The maximum absolute atomic E-state index is 11.8. The van der Waals surface area contributed by atoms with E-state index < -0.39 is 0 Å². The molecule has 1 aromatic rings. The molecule has 0 aromatic carbocycles. The van der Waals surface area contributed by atoms with Crippen molar-refractivity contribution < 1.29 is 4.79 Å². The first-order valence-electron chi connectivity index (χ1n) is 5.66. The third kappa shape index (κ3) is 2.32. The van der Waals surface area contributed by atoms with Crippen LogP contribution in [0, 0.1) is 5.41 Å². The Kier molecular flexibility index (Phi) is 2.81. The molecule has 4 heteroatoms. The van der Waals surface area contributed by atoms with Gasteiger partial charge in [0.25, 0.3) is 5.91 Å². The standard InChI is InChI=1S/C12H17N3O/c1-2-12(6-7-12)8-14-11(16)9-4-3-5-10(13)15-9/h3-5H,2,6-8H2,1H3,(H2,13,15)(H,14,16). The fourth-order valence-electron chi connectivity index (χ4n) is 1.77. The van der Waals surface area contributed by atoms with Crippen LogP contribution in [0.15, 0.2) is 18.2 Å². The summed E-state index contributed by atoms with van der Waals surface area (Å²) in [6.07, 6.45) is 3.56. The van der Waals surface area contributed by atoms with E-state index in [4.69, 9.17) is 5.73 Å². The summed E-state index contributed by atoms with van der Waals surface area (Å²) >= 11 is 0. The maximum atomic E-state index is 11.8. The molecular weight excluding hydrogens is 202 g/mol. The van der Waals surface area contributed by atoms with Crippen LogP contribution in [0.4, 0.5) is 5.82 Å². The third-order valence-electron chi connectivity index (χ3n) is 3.33. The SMILES string of the molecule is CCC1(CNC(=O)c2cccc(N)n2)CC1. The van der Waals surface area contributed by atoms with Gasteiger partial charge in [0.15, 0.2) is 0 Å². The number of amides is 1. The van der Waals surface area contributed by atoms with Crippen LogP contribution in [0.3, 0.4) is 0 Å². The minimum Gasteiger partial charge on any atom is -0.384 e. The highest BCUT2D eigenvalue weighted by atomic mass is 16.1. The summed E-state index contributed by atoms with van der Waals surface area (Å²) < 4.78 is 0. The van der Waals surface area contributed by atoms with Crippen molar-refractivity contribution >= 4 is 11.7 Å². The van der Waals surface area contributed by atoms with Crippen LogP contribution in [0.25, 0.3) is 0 Å². The van der Waals surface area contributed by atoms with E-state index >= 15 is 0 Å². The van der Waals surface area contributed by atoms with Crippen molar-refractivity contribution in [1.29, 1.82) is 0 Å². The monoisotopic (exact) mass is 219 g/mol. The number of anilines is 1. The Morgan fingerprint density at radius 2 is 2.31 bits per heavy atom. The first kappa shape index (κ1) is 10.9. The zero-order valence-corrected chi connectivity index (χ0v) is 9.49. The molecule has 0 spiro atoms. The average Bonchev–Trinajstić information content (AvgIpc) is 3.07. The van der Waals surface area contributed by atoms with Gasteiger partial charge in [0.05, 0.1) is 0 Å². The number of carbonyl (C=O) groups is 1. The molecule has 16 heavy (non-hydrogen) atoms. The number of rotatable bonds is 4. The molecule has 4 nitrogen and oxygen atoms in total. The molecule has 1 aromatic heterocycles. The fourth-order valence-corrected chi connectivity index (χ4v) is 1.77. The normalized spacial score (nSPS) is 16.8. The number of hydrogen-bond acceptors (Lipinski definition) is 3. The van der Waals surface area contributed by atoms with Gasteiger partial charge < -0.3 is 11.1 Å². The van der Waals surface area contributed by atoms with Gasteiger partial charge in [0.2, 0.25) is 0 Å². The number of aromatic nitrogens is 1. The van der Waals surface area contributed by atoms with Crippen LogP contribution in [-0.4, -0.2) is 17.4 Å². The Bertz CT molecular complexity index is 399. The van der Waals surface area contributed by atoms with Crippen LogP contribution < -0.4 is 11.1 Å². The summed E-state index contributed by atoms with van der Waals surface area (Å²) in [6, 6.07) is 5.09. The molecule has 0 atom stereocenters. The van der Waals surface area contributed by atoms with E-state index in [1.165, 1.54) is 12.8 Å². The Morgan fingerprint density at radius 1 is 1.56 bits per heavy atom. The Morgan fingerprint density at radius 3 is 2.88 bits per heavy atom. The molecule has 1 fully saturated rings. The van der Waals surface area contributed by atoms with Crippen LogP contribution in [0.1, 0.15) is 36.7 Å². The molecule has 1 aliphatic carbocycles. The van der Waals surface area contributed by atoms with Gasteiger partial charge >= 0.3 is 0 Å². The average molecular weight is 219 g/mol. The highest BCUT2D eigenvalue weighted by Gasteiger charge is 2.40. The number of nitrogen functional groups attached to an aromatic ring is 1. The molecular formula is C12H17N3O. The lowest BCUT2D eigenvalue weighted by atomic mass is 10.0. The Hall–Kier alpha value is -1.58. The maximum Gasteiger partial charge on any atom is 0.269 e. The van der Waals surface area contributed by atoms with Crippen LogP contribution in [-0.2, 0) is 0 Å². The van der Waals surface area contributed by atoms with Gasteiger partial charge in [-0.3, -0.25) is 4.79 Å². The Labute approximate surface area is 95.3 Å². The molecule has 2 rings (SSSR count). The molecule has 0 aliphatic heterocycles. The fraction of sp³-hybridized carbons (Fsp3) is 0.500. The van der Waals surface area contributed by atoms with Gasteiger partial charge in [0, 0.05) is 6.54 Å². The summed E-state index contributed by atoms with van der Waals surface area (Å²) in [7, 11) is 0. The van der Waals surface area contributed by atoms with Crippen molar-refractivity contribution in [3.8, 4) is 0 Å². The number of carbonyl (C=O) groups excluding carboxylic acids is 1. The first-order valence-corrected chi connectivity index (χ1v) is 5.66. The third-order valence-corrected chi connectivity index (χ3v) is 3.33. The van der Waals surface area contributed by atoms with Crippen molar-refractivity contribution in [2.45, 2.75) is 26.2 Å². The summed E-state index contributed by atoms with van der Waals surface area (Å²) in [5, 5.41) is 2.92. The summed E-state index contributed by atoms with van der Waals surface area (Å²) in [6.45, 7) is 2.91. The predicted molar refractivity (Wildman–Crippen MR) is 62.9 cm³/mol.